The van der Waals surface area contributed by atoms with Crippen molar-refractivity contribution in [1.29, 1.82) is 0 Å². The minimum absolute atomic E-state index is 0.148. The van der Waals surface area contributed by atoms with Crippen molar-refractivity contribution in [3.63, 3.8) is 0 Å². The molecule has 1 unspecified atom stereocenters. The Balaban J connectivity index is 2.11. The fourth-order valence-electron chi connectivity index (χ4n) is 2.28. The molecule has 0 spiro atoms. The number of nitrogens with two attached hydrogens (primary N) is 1. The predicted octanol–water partition coefficient (Wildman–Crippen LogP) is 4.26. The van der Waals surface area contributed by atoms with Crippen molar-refractivity contribution in [3.8, 4) is 0 Å². The van der Waals surface area contributed by atoms with Crippen molar-refractivity contribution in [2.75, 3.05) is 0 Å². The molecule has 1 heterocycles. The van der Waals surface area contributed by atoms with Crippen LogP contribution in [-0.4, -0.2) is 4.57 Å². The van der Waals surface area contributed by atoms with Gasteiger partial charge in [0.05, 0.1) is 0 Å². The summed E-state index contributed by atoms with van der Waals surface area (Å²) in [7, 11) is 0. The summed E-state index contributed by atoms with van der Waals surface area (Å²) in [5.74, 6) is 0. The third kappa shape index (κ3) is 5.40. The first kappa shape index (κ1) is 14.3. The minimum atomic E-state index is 0.148. The van der Waals surface area contributed by atoms with Gasteiger partial charge in [0.2, 0.25) is 0 Å². The van der Waals surface area contributed by atoms with Gasteiger partial charge in [0.25, 0.3) is 0 Å². The maximum atomic E-state index is 5.92. The normalized spacial score (nSPS) is 12.9. The molecule has 0 fully saturated rings. The molecule has 0 amide bonds. The average molecular weight is 236 g/mol. The van der Waals surface area contributed by atoms with E-state index >= 15 is 0 Å². The molecular formula is C15H28N2. The van der Waals surface area contributed by atoms with Gasteiger partial charge in [-0.1, -0.05) is 45.4 Å². The molecule has 0 saturated heterocycles. The summed E-state index contributed by atoms with van der Waals surface area (Å²) in [5.41, 5.74) is 7.18. The van der Waals surface area contributed by atoms with Crippen LogP contribution in [0.5, 0.6) is 0 Å². The van der Waals surface area contributed by atoms with E-state index in [4.69, 9.17) is 5.73 Å². The van der Waals surface area contributed by atoms with Gasteiger partial charge in [-0.25, -0.2) is 0 Å². The second kappa shape index (κ2) is 8.35. The standard InChI is InChI=1S/C15H28N2/c1-3-4-5-6-7-8-9-12-17-13-10-11-15(17)14(2)16/h10-11,13-14H,3-9,12,16H2,1-2H3. The van der Waals surface area contributed by atoms with Gasteiger partial charge < -0.3 is 10.3 Å². The summed E-state index contributed by atoms with van der Waals surface area (Å²) >= 11 is 0. The summed E-state index contributed by atoms with van der Waals surface area (Å²) in [6, 6.07) is 4.38. The van der Waals surface area contributed by atoms with E-state index in [2.05, 4.69) is 36.7 Å². The Morgan fingerprint density at radius 1 is 1.12 bits per heavy atom. The van der Waals surface area contributed by atoms with Crippen LogP contribution in [0, 0.1) is 0 Å². The van der Waals surface area contributed by atoms with Crippen LogP contribution in [-0.2, 0) is 6.54 Å². The van der Waals surface area contributed by atoms with Crippen molar-refractivity contribution in [3.05, 3.63) is 24.0 Å². The highest BCUT2D eigenvalue weighted by Crippen LogP contribution is 2.13. The second-order valence-electron chi connectivity index (χ2n) is 5.04. The van der Waals surface area contributed by atoms with Crippen molar-refractivity contribution in [2.24, 2.45) is 5.73 Å². The molecule has 1 aromatic heterocycles. The molecule has 1 aromatic rings. The highest BCUT2D eigenvalue weighted by Gasteiger charge is 2.04. The van der Waals surface area contributed by atoms with E-state index in [0.717, 1.165) is 6.54 Å². The number of nitrogens with zero attached hydrogens (tertiary/aromatic N) is 1. The summed E-state index contributed by atoms with van der Waals surface area (Å²) < 4.78 is 2.30. The van der Waals surface area contributed by atoms with Gasteiger partial charge in [-0.15, -0.1) is 0 Å². The highest BCUT2D eigenvalue weighted by atomic mass is 15.0. The van der Waals surface area contributed by atoms with E-state index in [1.165, 1.54) is 50.6 Å². The van der Waals surface area contributed by atoms with E-state index in [-0.39, 0.29) is 6.04 Å². The highest BCUT2D eigenvalue weighted by molar-refractivity contribution is 5.10. The Hall–Kier alpha value is -0.760. The summed E-state index contributed by atoms with van der Waals surface area (Å²) in [6.07, 6.45) is 11.7. The quantitative estimate of drug-likeness (QED) is 0.638. The predicted molar refractivity (Wildman–Crippen MR) is 75.0 cm³/mol. The minimum Gasteiger partial charge on any atom is -0.350 e. The fourth-order valence-corrected chi connectivity index (χ4v) is 2.28. The van der Waals surface area contributed by atoms with Crippen LogP contribution in [0.4, 0.5) is 0 Å². The first-order valence-corrected chi connectivity index (χ1v) is 7.16. The number of hydrogen-bond acceptors (Lipinski definition) is 1. The van der Waals surface area contributed by atoms with Gasteiger partial charge in [-0.05, 0) is 25.5 Å². The molecule has 0 aliphatic heterocycles. The lowest BCUT2D eigenvalue weighted by Crippen LogP contribution is -2.11. The van der Waals surface area contributed by atoms with Gasteiger partial charge >= 0.3 is 0 Å². The lowest BCUT2D eigenvalue weighted by atomic mass is 10.1. The monoisotopic (exact) mass is 236 g/mol. The van der Waals surface area contributed by atoms with E-state index in [0.29, 0.717) is 0 Å². The lowest BCUT2D eigenvalue weighted by molar-refractivity contribution is 0.535. The van der Waals surface area contributed by atoms with Crippen LogP contribution in [0.15, 0.2) is 18.3 Å². The van der Waals surface area contributed by atoms with Gasteiger partial charge in [0.15, 0.2) is 0 Å². The van der Waals surface area contributed by atoms with Crippen LogP contribution in [0.25, 0.3) is 0 Å². The smallest absolute Gasteiger partial charge is 0.0421 e. The maximum Gasteiger partial charge on any atom is 0.0421 e. The van der Waals surface area contributed by atoms with E-state index in [1.54, 1.807) is 0 Å². The van der Waals surface area contributed by atoms with Gasteiger partial charge in [-0.3, -0.25) is 0 Å². The number of aromatic nitrogens is 1. The topological polar surface area (TPSA) is 30.9 Å². The van der Waals surface area contributed by atoms with Crippen molar-refractivity contribution < 1.29 is 0 Å². The first-order valence-electron chi connectivity index (χ1n) is 7.16. The summed E-state index contributed by atoms with van der Waals surface area (Å²) in [4.78, 5) is 0. The van der Waals surface area contributed by atoms with Crippen molar-refractivity contribution >= 4 is 0 Å². The molecule has 2 nitrogen and oxygen atoms in total. The van der Waals surface area contributed by atoms with Crippen molar-refractivity contribution in [1.82, 2.24) is 4.57 Å². The Bertz CT molecular complexity index is 289. The SMILES string of the molecule is CCCCCCCCCn1cccc1C(C)N. The summed E-state index contributed by atoms with van der Waals surface area (Å²) in [5, 5.41) is 0. The maximum absolute atomic E-state index is 5.92. The van der Waals surface area contributed by atoms with Gasteiger partial charge in [0, 0.05) is 24.5 Å². The zero-order valence-electron chi connectivity index (χ0n) is 11.5. The third-order valence-corrected chi connectivity index (χ3v) is 3.33. The number of hydrogen-bond donors (Lipinski definition) is 1. The molecule has 17 heavy (non-hydrogen) atoms. The molecule has 0 bridgehead atoms. The molecule has 1 atom stereocenters. The molecule has 2 heteroatoms. The molecule has 0 aliphatic carbocycles. The van der Waals surface area contributed by atoms with Crippen LogP contribution in [0.1, 0.15) is 70.5 Å². The Morgan fingerprint density at radius 2 is 1.76 bits per heavy atom. The fraction of sp³-hybridized carbons (Fsp3) is 0.733. The average Bonchev–Trinajstić information content (AvgIpc) is 2.76. The van der Waals surface area contributed by atoms with Crippen molar-refractivity contribution in [2.45, 2.75) is 71.4 Å². The number of aryl methyl sites for hydroxylation is 1. The molecule has 0 aliphatic rings. The first-order chi connectivity index (χ1) is 8.25. The third-order valence-electron chi connectivity index (χ3n) is 3.33. The molecule has 98 valence electrons. The lowest BCUT2D eigenvalue weighted by Gasteiger charge is -2.11. The van der Waals surface area contributed by atoms with Gasteiger partial charge in [0.1, 0.15) is 0 Å². The zero-order valence-corrected chi connectivity index (χ0v) is 11.5. The molecule has 1 rings (SSSR count). The van der Waals surface area contributed by atoms with Crippen LogP contribution in [0.2, 0.25) is 0 Å². The van der Waals surface area contributed by atoms with Crippen LogP contribution < -0.4 is 5.73 Å². The van der Waals surface area contributed by atoms with E-state index < -0.39 is 0 Å². The summed E-state index contributed by atoms with van der Waals surface area (Å²) in [6.45, 7) is 5.44. The molecular weight excluding hydrogens is 208 g/mol. The second-order valence-corrected chi connectivity index (χ2v) is 5.04. The number of rotatable bonds is 9. The molecule has 0 radical (unpaired) electrons. The molecule has 2 N–H and O–H groups in total. The largest absolute Gasteiger partial charge is 0.350 e. The zero-order chi connectivity index (χ0) is 12.5. The Morgan fingerprint density at radius 3 is 2.41 bits per heavy atom. The Kier molecular flexibility index (Phi) is 7.02. The Labute approximate surface area is 106 Å². The van der Waals surface area contributed by atoms with Crippen LogP contribution >= 0.6 is 0 Å². The molecule has 0 aromatic carbocycles. The van der Waals surface area contributed by atoms with Crippen LogP contribution in [0.3, 0.4) is 0 Å². The van der Waals surface area contributed by atoms with E-state index in [1.807, 2.05) is 0 Å². The van der Waals surface area contributed by atoms with Gasteiger partial charge in [-0.2, -0.15) is 0 Å². The number of unbranched alkanes of at least 4 members (excludes halogenated alkanes) is 6. The van der Waals surface area contributed by atoms with E-state index in [9.17, 15) is 0 Å². The molecule has 0 saturated carbocycles.